The second-order valence-electron chi connectivity index (χ2n) is 6.73. The Morgan fingerprint density at radius 3 is 2.67 bits per heavy atom. The number of para-hydroxylation sites is 1. The van der Waals surface area contributed by atoms with E-state index in [9.17, 15) is 14.9 Å². The van der Waals surface area contributed by atoms with Crippen molar-refractivity contribution in [3.05, 3.63) is 86.5 Å². The van der Waals surface area contributed by atoms with Crippen LogP contribution < -0.4 is 5.32 Å². The monoisotopic (exact) mass is 419 g/mol. The quantitative estimate of drug-likeness (QED) is 0.349. The number of furan rings is 1. The lowest BCUT2D eigenvalue weighted by molar-refractivity contribution is -0.384. The number of nitro groups is 1. The smallest absolute Gasteiger partial charge is 0.280 e. The van der Waals surface area contributed by atoms with Crippen molar-refractivity contribution in [3.63, 3.8) is 0 Å². The molecule has 1 N–H and O–H groups in total. The Kier molecular flexibility index (Phi) is 5.24. The maximum atomic E-state index is 12.3. The summed E-state index contributed by atoms with van der Waals surface area (Å²) in [6, 6.07) is 15.5. The summed E-state index contributed by atoms with van der Waals surface area (Å²) in [6.07, 6.45) is 1.60. The number of amidine groups is 1. The maximum absolute atomic E-state index is 12.3. The molecule has 1 amide bonds. The molecule has 30 heavy (non-hydrogen) atoms. The largest absolute Gasteiger partial charge is 0.456 e. The summed E-state index contributed by atoms with van der Waals surface area (Å²) in [5, 5.41) is 14.5. The second kappa shape index (κ2) is 8.00. The van der Waals surface area contributed by atoms with E-state index in [4.69, 9.17) is 4.42 Å². The molecule has 0 bridgehead atoms. The van der Waals surface area contributed by atoms with E-state index < -0.39 is 4.92 Å². The van der Waals surface area contributed by atoms with Crippen molar-refractivity contribution < 1.29 is 14.1 Å². The van der Waals surface area contributed by atoms with Gasteiger partial charge < -0.3 is 9.73 Å². The summed E-state index contributed by atoms with van der Waals surface area (Å²) in [5.74, 6) is 0.515. The Balaban J connectivity index is 1.58. The molecule has 0 radical (unpaired) electrons. The summed E-state index contributed by atoms with van der Waals surface area (Å²) in [4.78, 5) is 28.0. The molecule has 1 aliphatic rings. The Labute approximate surface area is 176 Å². The van der Waals surface area contributed by atoms with Gasteiger partial charge >= 0.3 is 0 Å². The number of nitro benzene ring substituents is 1. The maximum Gasteiger partial charge on any atom is 0.280 e. The highest BCUT2D eigenvalue weighted by molar-refractivity contribution is 8.18. The van der Waals surface area contributed by atoms with Crippen molar-refractivity contribution in [1.82, 2.24) is 5.32 Å². The lowest BCUT2D eigenvalue weighted by atomic mass is 10.1. The topological polar surface area (TPSA) is 97.7 Å². The van der Waals surface area contributed by atoms with E-state index in [0.29, 0.717) is 27.2 Å². The van der Waals surface area contributed by atoms with Gasteiger partial charge in [-0.25, -0.2) is 4.99 Å². The first-order valence-corrected chi connectivity index (χ1v) is 9.93. The van der Waals surface area contributed by atoms with E-state index in [1.807, 2.05) is 32.0 Å². The molecular weight excluding hydrogens is 402 g/mol. The van der Waals surface area contributed by atoms with Gasteiger partial charge in [-0.3, -0.25) is 14.9 Å². The summed E-state index contributed by atoms with van der Waals surface area (Å²) < 4.78 is 5.74. The zero-order valence-corrected chi connectivity index (χ0v) is 17.0. The van der Waals surface area contributed by atoms with Crippen LogP contribution in [0, 0.1) is 24.0 Å². The molecule has 2 heterocycles. The van der Waals surface area contributed by atoms with Crippen molar-refractivity contribution in [2.75, 3.05) is 0 Å². The zero-order valence-electron chi connectivity index (χ0n) is 16.2. The number of nitrogens with one attached hydrogen (secondary N) is 1. The van der Waals surface area contributed by atoms with E-state index in [0.717, 1.165) is 11.3 Å². The van der Waals surface area contributed by atoms with Gasteiger partial charge in [0.15, 0.2) is 5.17 Å². The molecule has 0 unspecified atom stereocenters. The number of rotatable bonds is 4. The van der Waals surface area contributed by atoms with Crippen LogP contribution in [-0.4, -0.2) is 16.0 Å². The van der Waals surface area contributed by atoms with Gasteiger partial charge in [-0.05, 0) is 67.1 Å². The minimum absolute atomic E-state index is 0.0400. The van der Waals surface area contributed by atoms with E-state index >= 15 is 0 Å². The molecule has 2 aromatic carbocycles. The van der Waals surface area contributed by atoms with Gasteiger partial charge in [-0.2, -0.15) is 0 Å². The molecule has 8 heteroatoms. The minimum atomic E-state index is -0.453. The van der Waals surface area contributed by atoms with Crippen LogP contribution in [0.2, 0.25) is 0 Å². The number of amides is 1. The zero-order chi connectivity index (χ0) is 21.3. The third-order valence-corrected chi connectivity index (χ3v) is 5.55. The normalized spacial score (nSPS) is 16.3. The summed E-state index contributed by atoms with van der Waals surface area (Å²) in [7, 11) is 0. The predicted molar refractivity (Wildman–Crippen MR) is 118 cm³/mol. The number of benzene rings is 2. The molecule has 7 nitrogen and oxygen atoms in total. The highest BCUT2D eigenvalue weighted by atomic mass is 32.2. The van der Waals surface area contributed by atoms with Gasteiger partial charge in [-0.1, -0.05) is 18.2 Å². The number of aliphatic imine (C=N–C) groups is 1. The van der Waals surface area contributed by atoms with Crippen LogP contribution in [0.3, 0.4) is 0 Å². The summed E-state index contributed by atoms with van der Waals surface area (Å²) in [6.45, 7) is 4.04. The third-order valence-electron chi connectivity index (χ3n) is 4.64. The van der Waals surface area contributed by atoms with Crippen LogP contribution in [-0.2, 0) is 4.79 Å². The van der Waals surface area contributed by atoms with Gasteiger partial charge in [0.25, 0.3) is 11.6 Å². The fraction of sp³-hybridized carbons (Fsp3) is 0.0909. The van der Waals surface area contributed by atoms with Crippen molar-refractivity contribution in [1.29, 1.82) is 0 Å². The van der Waals surface area contributed by atoms with Crippen LogP contribution in [0.1, 0.15) is 16.9 Å². The fourth-order valence-electron chi connectivity index (χ4n) is 2.94. The van der Waals surface area contributed by atoms with Gasteiger partial charge in [0.05, 0.1) is 21.1 Å². The molecule has 4 rings (SSSR count). The van der Waals surface area contributed by atoms with Crippen molar-refractivity contribution in [2.45, 2.75) is 13.8 Å². The van der Waals surface area contributed by atoms with Crippen LogP contribution >= 0.6 is 11.8 Å². The van der Waals surface area contributed by atoms with E-state index in [1.54, 1.807) is 36.4 Å². The van der Waals surface area contributed by atoms with Crippen LogP contribution in [0.4, 0.5) is 11.4 Å². The number of aryl methyl sites for hydroxylation is 2. The van der Waals surface area contributed by atoms with E-state index in [2.05, 4.69) is 10.3 Å². The van der Waals surface area contributed by atoms with Crippen LogP contribution in [0.5, 0.6) is 0 Å². The van der Waals surface area contributed by atoms with Crippen molar-refractivity contribution >= 4 is 40.3 Å². The van der Waals surface area contributed by atoms with Gasteiger partial charge in [0.2, 0.25) is 0 Å². The van der Waals surface area contributed by atoms with Crippen LogP contribution in [0.15, 0.2) is 68.9 Å². The fourth-order valence-corrected chi connectivity index (χ4v) is 3.76. The van der Waals surface area contributed by atoms with E-state index in [1.165, 1.54) is 23.4 Å². The third kappa shape index (κ3) is 4.04. The summed E-state index contributed by atoms with van der Waals surface area (Å²) in [5.41, 5.74) is 3.41. The Bertz CT molecular complexity index is 1230. The number of nitrogens with zero attached hydrogens (tertiary/aromatic N) is 2. The van der Waals surface area contributed by atoms with Gasteiger partial charge in [0.1, 0.15) is 11.5 Å². The Morgan fingerprint density at radius 2 is 1.90 bits per heavy atom. The molecule has 1 fully saturated rings. The average molecular weight is 419 g/mol. The molecule has 0 spiro atoms. The molecule has 1 aliphatic heterocycles. The molecular formula is C22H17N3O4S. The number of carbonyl (C=O) groups excluding carboxylic acids is 1. The molecule has 1 saturated heterocycles. The standard InChI is InChI=1S/C22H17N3O4S/c1-13-7-8-15(11-14(13)2)23-22-24-21(26)20(30-22)12-16-9-10-19(29-16)17-5-3-4-6-18(17)25(27)28/h3-12H,1-2H3,(H,23,24,26)/b20-12-. The minimum Gasteiger partial charge on any atom is -0.456 e. The van der Waals surface area contributed by atoms with Crippen molar-refractivity contribution in [3.8, 4) is 11.3 Å². The summed E-state index contributed by atoms with van der Waals surface area (Å²) >= 11 is 1.21. The van der Waals surface area contributed by atoms with Crippen molar-refractivity contribution in [2.24, 2.45) is 4.99 Å². The lowest BCUT2D eigenvalue weighted by Gasteiger charge is -2.01. The molecule has 150 valence electrons. The Morgan fingerprint density at radius 1 is 1.10 bits per heavy atom. The van der Waals surface area contributed by atoms with Gasteiger partial charge in [-0.15, -0.1) is 0 Å². The highest BCUT2D eigenvalue weighted by Crippen LogP contribution is 2.33. The second-order valence-corrected chi connectivity index (χ2v) is 7.76. The lowest BCUT2D eigenvalue weighted by Crippen LogP contribution is -2.19. The first-order valence-electron chi connectivity index (χ1n) is 9.11. The molecule has 3 aromatic rings. The van der Waals surface area contributed by atoms with Crippen LogP contribution in [0.25, 0.3) is 17.4 Å². The first kappa shape index (κ1) is 19.7. The number of carbonyl (C=O) groups is 1. The number of thioether (sulfide) groups is 1. The number of hydrogen-bond donors (Lipinski definition) is 1. The first-order chi connectivity index (χ1) is 14.4. The van der Waals surface area contributed by atoms with E-state index in [-0.39, 0.29) is 11.6 Å². The molecule has 0 aliphatic carbocycles. The highest BCUT2D eigenvalue weighted by Gasteiger charge is 2.25. The Hall–Kier alpha value is -3.65. The molecule has 0 saturated carbocycles. The molecule has 1 aromatic heterocycles. The van der Waals surface area contributed by atoms with Gasteiger partial charge in [0, 0.05) is 12.1 Å². The SMILES string of the molecule is Cc1ccc(N=C2NC(=O)/C(=C/c3ccc(-c4ccccc4[N+](=O)[O-])o3)S2)cc1C. The average Bonchev–Trinajstić information content (AvgIpc) is 3.31. The molecule has 0 atom stereocenters. The number of hydrogen-bond acceptors (Lipinski definition) is 6. The predicted octanol–water partition coefficient (Wildman–Crippen LogP) is 5.36.